The lowest BCUT2D eigenvalue weighted by atomic mass is 10.0. The summed E-state index contributed by atoms with van der Waals surface area (Å²) >= 11 is 0. The molecular weight excluding hydrogens is 228 g/mol. The maximum atomic E-state index is 10.9. The minimum atomic E-state index is -0.934. The lowest BCUT2D eigenvalue weighted by Crippen LogP contribution is -1.95. The zero-order chi connectivity index (χ0) is 13.0. The van der Waals surface area contributed by atoms with Crippen molar-refractivity contribution in [2.24, 2.45) is 10.9 Å². The summed E-state index contributed by atoms with van der Waals surface area (Å²) < 4.78 is 0. The van der Waals surface area contributed by atoms with Gasteiger partial charge in [-0.3, -0.25) is 0 Å². The van der Waals surface area contributed by atoms with Gasteiger partial charge in [0.15, 0.2) is 0 Å². The molecule has 2 aromatic carbocycles. The molecule has 0 saturated heterocycles. The number of rotatable bonds is 3. The molecule has 0 bridgehead atoms. The lowest BCUT2D eigenvalue weighted by molar-refractivity contribution is 0.0697. The second kappa shape index (κ2) is 5.14. The Morgan fingerprint density at radius 1 is 1.11 bits per heavy atom. The summed E-state index contributed by atoms with van der Waals surface area (Å²) in [4.78, 5) is 10.9. The van der Waals surface area contributed by atoms with E-state index in [0.29, 0.717) is 0 Å². The Labute approximate surface area is 104 Å². The van der Waals surface area contributed by atoms with Crippen LogP contribution in [0.3, 0.4) is 0 Å². The van der Waals surface area contributed by atoms with E-state index in [4.69, 9.17) is 10.9 Å². The maximum absolute atomic E-state index is 10.9. The number of benzene rings is 2. The quantitative estimate of drug-likeness (QED) is 0.491. The fraction of sp³-hybridized carbons (Fsp3) is 0. The lowest BCUT2D eigenvalue weighted by Gasteiger charge is -2.04. The number of carbonyl (C=O) groups is 1. The number of hydrogen-bond acceptors (Lipinski definition) is 3. The molecule has 0 aliphatic carbocycles. The average Bonchev–Trinajstić information content (AvgIpc) is 2.39. The van der Waals surface area contributed by atoms with E-state index >= 15 is 0 Å². The summed E-state index contributed by atoms with van der Waals surface area (Å²) in [5, 5.41) is 12.4. The summed E-state index contributed by atoms with van der Waals surface area (Å²) in [6, 6.07) is 14.4. The van der Waals surface area contributed by atoms with Crippen LogP contribution in [0.1, 0.15) is 15.9 Å². The Hall–Kier alpha value is -2.62. The molecule has 0 atom stereocenters. The van der Waals surface area contributed by atoms with Gasteiger partial charge >= 0.3 is 5.97 Å². The van der Waals surface area contributed by atoms with Crippen LogP contribution in [0.5, 0.6) is 0 Å². The van der Waals surface area contributed by atoms with Crippen LogP contribution < -0.4 is 5.84 Å². The average molecular weight is 240 g/mol. The Morgan fingerprint density at radius 3 is 2.44 bits per heavy atom. The van der Waals surface area contributed by atoms with Gasteiger partial charge in [-0.05, 0) is 34.9 Å². The van der Waals surface area contributed by atoms with Gasteiger partial charge in [-0.1, -0.05) is 30.3 Å². The van der Waals surface area contributed by atoms with Crippen molar-refractivity contribution in [2.45, 2.75) is 0 Å². The van der Waals surface area contributed by atoms with Crippen LogP contribution in [0.2, 0.25) is 0 Å². The van der Waals surface area contributed by atoms with Crippen LogP contribution in [0.4, 0.5) is 0 Å². The SMILES string of the molecule is N/N=C/c1cccc(-c2cccc(C(=O)O)c2)c1. The van der Waals surface area contributed by atoms with Gasteiger partial charge in [-0.25, -0.2) is 4.79 Å². The molecule has 18 heavy (non-hydrogen) atoms. The van der Waals surface area contributed by atoms with Crippen molar-refractivity contribution in [3.8, 4) is 11.1 Å². The van der Waals surface area contributed by atoms with E-state index in [1.54, 1.807) is 24.4 Å². The third-order valence-corrected chi connectivity index (χ3v) is 2.55. The number of hydrazone groups is 1. The molecule has 0 heterocycles. The number of carboxylic acid groups (broad SMARTS) is 1. The molecule has 0 unspecified atom stereocenters. The van der Waals surface area contributed by atoms with Crippen molar-refractivity contribution in [3.05, 3.63) is 59.7 Å². The number of aromatic carboxylic acids is 1. The van der Waals surface area contributed by atoms with Crippen LogP contribution in [0.15, 0.2) is 53.6 Å². The van der Waals surface area contributed by atoms with E-state index in [2.05, 4.69) is 5.10 Å². The monoisotopic (exact) mass is 240 g/mol. The molecule has 3 N–H and O–H groups in total. The summed E-state index contributed by atoms with van der Waals surface area (Å²) in [5.41, 5.74) is 2.92. The third kappa shape index (κ3) is 2.55. The highest BCUT2D eigenvalue weighted by molar-refractivity contribution is 5.90. The van der Waals surface area contributed by atoms with Crippen molar-refractivity contribution < 1.29 is 9.90 Å². The first kappa shape index (κ1) is 11.9. The summed E-state index contributed by atoms with van der Waals surface area (Å²) in [5.74, 6) is 4.17. The van der Waals surface area contributed by atoms with Crippen LogP contribution in [0.25, 0.3) is 11.1 Å². The van der Waals surface area contributed by atoms with E-state index in [0.717, 1.165) is 16.7 Å². The summed E-state index contributed by atoms with van der Waals surface area (Å²) in [7, 11) is 0. The number of carboxylic acids is 1. The van der Waals surface area contributed by atoms with E-state index < -0.39 is 5.97 Å². The molecule has 0 aromatic heterocycles. The van der Waals surface area contributed by atoms with Gasteiger partial charge in [0.05, 0.1) is 11.8 Å². The first-order chi connectivity index (χ1) is 8.70. The van der Waals surface area contributed by atoms with E-state index in [-0.39, 0.29) is 5.56 Å². The number of nitrogens with two attached hydrogens (primary N) is 1. The minimum Gasteiger partial charge on any atom is -0.478 e. The van der Waals surface area contributed by atoms with Crippen LogP contribution in [-0.2, 0) is 0 Å². The summed E-state index contributed by atoms with van der Waals surface area (Å²) in [6.45, 7) is 0. The van der Waals surface area contributed by atoms with Crippen molar-refractivity contribution >= 4 is 12.2 Å². The zero-order valence-electron chi connectivity index (χ0n) is 9.58. The highest BCUT2D eigenvalue weighted by atomic mass is 16.4. The third-order valence-electron chi connectivity index (χ3n) is 2.55. The van der Waals surface area contributed by atoms with Crippen LogP contribution in [-0.4, -0.2) is 17.3 Å². The first-order valence-electron chi connectivity index (χ1n) is 5.38. The standard InChI is InChI=1S/C14H12N2O2/c15-16-9-10-3-1-4-11(7-10)12-5-2-6-13(8-12)14(17)18/h1-9H,15H2,(H,17,18)/b16-9+. The molecule has 0 spiro atoms. The molecule has 4 heteroatoms. The van der Waals surface area contributed by atoms with Crippen molar-refractivity contribution in [1.29, 1.82) is 0 Å². The maximum Gasteiger partial charge on any atom is 0.335 e. The van der Waals surface area contributed by atoms with Gasteiger partial charge in [0.25, 0.3) is 0 Å². The molecule has 0 radical (unpaired) electrons. The minimum absolute atomic E-state index is 0.269. The van der Waals surface area contributed by atoms with E-state index in [9.17, 15) is 4.79 Å². The predicted molar refractivity (Wildman–Crippen MR) is 70.6 cm³/mol. The number of hydrogen-bond donors (Lipinski definition) is 2. The topological polar surface area (TPSA) is 75.7 Å². The molecule has 90 valence electrons. The van der Waals surface area contributed by atoms with E-state index in [1.807, 2.05) is 30.3 Å². The van der Waals surface area contributed by atoms with Gasteiger partial charge in [0, 0.05) is 0 Å². The normalized spacial score (nSPS) is 10.7. The van der Waals surface area contributed by atoms with Crippen LogP contribution in [0, 0.1) is 0 Å². The van der Waals surface area contributed by atoms with Crippen LogP contribution >= 0.6 is 0 Å². The Bertz CT molecular complexity index is 606. The summed E-state index contributed by atoms with van der Waals surface area (Å²) in [6.07, 6.45) is 1.55. The van der Waals surface area contributed by atoms with Crippen molar-refractivity contribution in [3.63, 3.8) is 0 Å². The van der Waals surface area contributed by atoms with Gasteiger partial charge in [0.2, 0.25) is 0 Å². The first-order valence-corrected chi connectivity index (χ1v) is 5.38. The highest BCUT2D eigenvalue weighted by Crippen LogP contribution is 2.21. The van der Waals surface area contributed by atoms with Crippen molar-refractivity contribution in [1.82, 2.24) is 0 Å². The number of nitrogens with zero attached hydrogens (tertiary/aromatic N) is 1. The molecule has 0 aliphatic heterocycles. The second-order valence-corrected chi connectivity index (χ2v) is 3.79. The predicted octanol–water partition coefficient (Wildman–Crippen LogP) is 2.34. The molecule has 0 saturated carbocycles. The fourth-order valence-corrected chi connectivity index (χ4v) is 1.72. The second-order valence-electron chi connectivity index (χ2n) is 3.79. The largest absolute Gasteiger partial charge is 0.478 e. The molecule has 0 aliphatic rings. The molecule has 2 aromatic rings. The molecule has 4 nitrogen and oxygen atoms in total. The van der Waals surface area contributed by atoms with Gasteiger partial charge in [0.1, 0.15) is 0 Å². The van der Waals surface area contributed by atoms with Gasteiger partial charge < -0.3 is 10.9 Å². The Morgan fingerprint density at radius 2 is 1.78 bits per heavy atom. The van der Waals surface area contributed by atoms with Crippen molar-refractivity contribution in [2.75, 3.05) is 0 Å². The molecular formula is C14H12N2O2. The Kier molecular flexibility index (Phi) is 3.38. The molecule has 2 rings (SSSR count). The smallest absolute Gasteiger partial charge is 0.335 e. The highest BCUT2D eigenvalue weighted by Gasteiger charge is 2.04. The Balaban J connectivity index is 2.45. The zero-order valence-corrected chi connectivity index (χ0v) is 9.58. The van der Waals surface area contributed by atoms with Gasteiger partial charge in [-0.15, -0.1) is 0 Å². The van der Waals surface area contributed by atoms with E-state index in [1.165, 1.54) is 0 Å². The molecule has 0 amide bonds. The van der Waals surface area contributed by atoms with Gasteiger partial charge in [-0.2, -0.15) is 5.10 Å². The fourth-order valence-electron chi connectivity index (χ4n) is 1.72. The molecule has 0 fully saturated rings.